The molecule has 0 bridgehead atoms. The maximum absolute atomic E-state index is 12.4. The van der Waals surface area contributed by atoms with Crippen molar-refractivity contribution in [1.82, 2.24) is 19.7 Å². The van der Waals surface area contributed by atoms with Crippen molar-refractivity contribution in [3.63, 3.8) is 0 Å². The third-order valence-corrected chi connectivity index (χ3v) is 6.27. The summed E-state index contributed by atoms with van der Waals surface area (Å²) < 4.78 is 1.85. The van der Waals surface area contributed by atoms with Gasteiger partial charge in [-0.1, -0.05) is 47.1 Å². The zero-order chi connectivity index (χ0) is 23.2. The van der Waals surface area contributed by atoms with Gasteiger partial charge in [0.1, 0.15) is 6.07 Å². The summed E-state index contributed by atoms with van der Waals surface area (Å²) in [6.45, 7) is 0. The van der Waals surface area contributed by atoms with Crippen molar-refractivity contribution in [2.75, 3.05) is 11.1 Å². The molecule has 1 N–H and O–H groups in total. The molecule has 4 aromatic rings. The number of hydrogen-bond donors (Lipinski definition) is 1. The number of hydrogen-bond acceptors (Lipinski definition) is 6. The molecule has 33 heavy (non-hydrogen) atoms. The molecule has 0 atom stereocenters. The summed E-state index contributed by atoms with van der Waals surface area (Å²) in [7, 11) is 0. The van der Waals surface area contributed by atoms with Crippen LogP contribution in [0.2, 0.25) is 10.0 Å². The summed E-state index contributed by atoms with van der Waals surface area (Å²) in [6, 6.07) is 17.9. The molecule has 0 spiro atoms. The standard InChI is InChI=1S/C23H16Cl2N6OS/c24-18-8-7-17(12-19(18)25)31-22(16-5-3-10-27-14-16)29-30-23(31)33-11-9-21(32)28-20-6-2-1-4-15(20)13-26/h1-8,10,12,14H,9,11H2,(H,28,32). The third-order valence-electron chi connectivity index (χ3n) is 4.60. The highest BCUT2D eigenvalue weighted by molar-refractivity contribution is 7.99. The molecule has 0 saturated carbocycles. The monoisotopic (exact) mass is 494 g/mol. The molecular weight excluding hydrogens is 479 g/mol. The summed E-state index contributed by atoms with van der Waals surface area (Å²) in [6.07, 6.45) is 3.61. The van der Waals surface area contributed by atoms with E-state index in [0.717, 1.165) is 11.3 Å². The van der Waals surface area contributed by atoms with Gasteiger partial charge in [0.25, 0.3) is 0 Å². The molecule has 0 radical (unpaired) electrons. The van der Waals surface area contributed by atoms with E-state index in [0.29, 0.717) is 38.0 Å². The van der Waals surface area contributed by atoms with Gasteiger partial charge in [-0.15, -0.1) is 10.2 Å². The number of pyridine rings is 1. The lowest BCUT2D eigenvalue weighted by molar-refractivity contribution is -0.115. The fourth-order valence-electron chi connectivity index (χ4n) is 3.04. The first-order chi connectivity index (χ1) is 16.1. The third kappa shape index (κ3) is 5.34. The topological polar surface area (TPSA) is 96.5 Å². The number of rotatable bonds is 7. The summed E-state index contributed by atoms with van der Waals surface area (Å²) in [5, 5.41) is 22.1. The predicted molar refractivity (Wildman–Crippen MR) is 130 cm³/mol. The largest absolute Gasteiger partial charge is 0.325 e. The lowest BCUT2D eigenvalue weighted by atomic mass is 10.2. The number of aromatic nitrogens is 4. The van der Waals surface area contributed by atoms with Gasteiger partial charge in [-0.05, 0) is 42.5 Å². The Morgan fingerprint density at radius 3 is 2.70 bits per heavy atom. The van der Waals surface area contributed by atoms with E-state index in [1.165, 1.54) is 11.8 Å². The molecule has 0 saturated heterocycles. The van der Waals surface area contributed by atoms with Crippen molar-refractivity contribution in [2.45, 2.75) is 11.6 Å². The number of halogens is 2. The van der Waals surface area contributed by atoms with E-state index in [-0.39, 0.29) is 12.3 Å². The molecule has 0 aliphatic heterocycles. The molecule has 2 heterocycles. The highest BCUT2D eigenvalue weighted by atomic mass is 35.5. The van der Waals surface area contributed by atoms with E-state index >= 15 is 0 Å². The molecular formula is C23H16Cl2N6OS. The summed E-state index contributed by atoms with van der Waals surface area (Å²) >= 11 is 13.7. The van der Waals surface area contributed by atoms with Crippen LogP contribution in [-0.2, 0) is 4.79 Å². The molecule has 164 valence electrons. The average molecular weight is 495 g/mol. The van der Waals surface area contributed by atoms with Crippen LogP contribution in [0, 0.1) is 11.3 Å². The van der Waals surface area contributed by atoms with Gasteiger partial charge in [-0.25, -0.2) is 0 Å². The van der Waals surface area contributed by atoms with Crippen LogP contribution >= 0.6 is 35.0 Å². The Hall–Kier alpha value is -3.38. The minimum absolute atomic E-state index is 0.196. The Balaban J connectivity index is 1.54. The van der Waals surface area contributed by atoms with E-state index in [4.69, 9.17) is 23.2 Å². The van der Waals surface area contributed by atoms with Gasteiger partial charge < -0.3 is 5.32 Å². The lowest BCUT2D eigenvalue weighted by Crippen LogP contribution is -2.13. The maximum atomic E-state index is 12.4. The normalized spacial score (nSPS) is 10.6. The van der Waals surface area contributed by atoms with Gasteiger partial charge in [-0.3, -0.25) is 14.3 Å². The molecule has 4 rings (SSSR count). The molecule has 2 aromatic carbocycles. The highest BCUT2D eigenvalue weighted by Gasteiger charge is 2.18. The summed E-state index contributed by atoms with van der Waals surface area (Å²) in [5.41, 5.74) is 2.43. The van der Waals surface area contributed by atoms with E-state index in [2.05, 4.69) is 26.6 Å². The fraction of sp³-hybridized carbons (Fsp3) is 0.0870. The zero-order valence-electron chi connectivity index (χ0n) is 17.1. The molecule has 7 nitrogen and oxygen atoms in total. The molecule has 0 aliphatic rings. The zero-order valence-corrected chi connectivity index (χ0v) is 19.4. The molecule has 0 aliphatic carbocycles. The molecule has 0 fully saturated rings. The smallest absolute Gasteiger partial charge is 0.225 e. The van der Waals surface area contributed by atoms with Gasteiger partial charge in [0, 0.05) is 30.1 Å². The lowest BCUT2D eigenvalue weighted by Gasteiger charge is -2.11. The van der Waals surface area contributed by atoms with Crippen LogP contribution in [0.4, 0.5) is 5.69 Å². The van der Waals surface area contributed by atoms with Gasteiger partial charge >= 0.3 is 0 Å². The maximum Gasteiger partial charge on any atom is 0.225 e. The van der Waals surface area contributed by atoms with E-state index in [9.17, 15) is 10.1 Å². The number of para-hydroxylation sites is 1. The molecule has 10 heteroatoms. The van der Waals surface area contributed by atoms with Crippen LogP contribution in [0.3, 0.4) is 0 Å². The van der Waals surface area contributed by atoms with E-state index in [1.807, 2.05) is 22.8 Å². The summed E-state index contributed by atoms with van der Waals surface area (Å²) in [4.78, 5) is 16.6. The van der Waals surface area contributed by atoms with Crippen LogP contribution in [0.15, 0.2) is 72.1 Å². The Bertz CT molecular complexity index is 1340. The Morgan fingerprint density at radius 2 is 1.94 bits per heavy atom. The van der Waals surface area contributed by atoms with Gasteiger partial charge in [0.05, 0.1) is 27.0 Å². The SMILES string of the molecule is N#Cc1ccccc1NC(=O)CCSc1nnc(-c2cccnc2)n1-c1ccc(Cl)c(Cl)c1. The number of nitrogens with zero attached hydrogens (tertiary/aromatic N) is 5. The van der Waals surface area contributed by atoms with Crippen molar-refractivity contribution in [1.29, 1.82) is 5.26 Å². The minimum Gasteiger partial charge on any atom is -0.325 e. The summed E-state index contributed by atoms with van der Waals surface area (Å²) in [5.74, 6) is 0.849. The first kappa shape index (κ1) is 22.8. The van der Waals surface area contributed by atoms with Crippen LogP contribution in [-0.4, -0.2) is 31.4 Å². The number of anilines is 1. The number of nitriles is 1. The second-order valence-electron chi connectivity index (χ2n) is 6.79. The van der Waals surface area contributed by atoms with Crippen molar-refractivity contribution in [3.8, 4) is 23.1 Å². The number of nitrogens with one attached hydrogen (secondary N) is 1. The highest BCUT2D eigenvalue weighted by Crippen LogP contribution is 2.31. The fourth-order valence-corrected chi connectivity index (χ4v) is 4.22. The van der Waals surface area contributed by atoms with Crippen molar-refractivity contribution >= 4 is 46.6 Å². The second-order valence-corrected chi connectivity index (χ2v) is 8.66. The van der Waals surface area contributed by atoms with Crippen LogP contribution < -0.4 is 5.32 Å². The van der Waals surface area contributed by atoms with Crippen LogP contribution in [0.25, 0.3) is 17.1 Å². The Labute approximate surface area is 204 Å². The van der Waals surface area contributed by atoms with Gasteiger partial charge in [0.2, 0.25) is 5.91 Å². The van der Waals surface area contributed by atoms with E-state index in [1.54, 1.807) is 48.8 Å². The minimum atomic E-state index is -0.196. The van der Waals surface area contributed by atoms with E-state index < -0.39 is 0 Å². The van der Waals surface area contributed by atoms with Crippen LogP contribution in [0.5, 0.6) is 0 Å². The number of carbonyl (C=O) groups excluding carboxylic acids is 1. The number of thioether (sulfide) groups is 1. The molecule has 2 aromatic heterocycles. The van der Waals surface area contributed by atoms with Crippen molar-refractivity contribution in [2.24, 2.45) is 0 Å². The van der Waals surface area contributed by atoms with Crippen molar-refractivity contribution in [3.05, 3.63) is 82.6 Å². The first-order valence-electron chi connectivity index (χ1n) is 9.80. The Morgan fingerprint density at radius 1 is 1.09 bits per heavy atom. The first-order valence-corrected chi connectivity index (χ1v) is 11.5. The predicted octanol–water partition coefficient (Wildman–Crippen LogP) is 5.63. The molecule has 0 unspecified atom stereocenters. The second kappa shape index (κ2) is 10.5. The molecule has 1 amide bonds. The number of amides is 1. The quantitative estimate of drug-likeness (QED) is 0.334. The average Bonchev–Trinajstić information content (AvgIpc) is 3.25. The van der Waals surface area contributed by atoms with Gasteiger partial charge in [0.15, 0.2) is 11.0 Å². The van der Waals surface area contributed by atoms with Crippen LogP contribution in [0.1, 0.15) is 12.0 Å². The Kier molecular flexibility index (Phi) is 7.25. The van der Waals surface area contributed by atoms with Crippen molar-refractivity contribution < 1.29 is 4.79 Å². The number of carbonyl (C=O) groups is 1. The number of benzene rings is 2. The van der Waals surface area contributed by atoms with Gasteiger partial charge in [-0.2, -0.15) is 5.26 Å².